The number of benzene rings is 1. The Labute approximate surface area is 104 Å². The lowest BCUT2D eigenvalue weighted by Gasteiger charge is -2.35. The van der Waals surface area contributed by atoms with Gasteiger partial charge < -0.3 is 16.0 Å². The summed E-state index contributed by atoms with van der Waals surface area (Å²) in [5.41, 5.74) is 8.03. The SMILES string of the molecule is CC1CC(NCc2ccccc2N)CCN1C. The maximum Gasteiger partial charge on any atom is 0.0359 e. The van der Waals surface area contributed by atoms with E-state index in [1.54, 1.807) is 0 Å². The van der Waals surface area contributed by atoms with Crippen molar-refractivity contribution in [2.45, 2.75) is 38.4 Å². The van der Waals surface area contributed by atoms with E-state index in [1.807, 2.05) is 18.2 Å². The van der Waals surface area contributed by atoms with E-state index >= 15 is 0 Å². The molecule has 0 radical (unpaired) electrons. The highest BCUT2D eigenvalue weighted by atomic mass is 15.1. The van der Waals surface area contributed by atoms with Crippen LogP contribution in [0, 0.1) is 0 Å². The number of likely N-dealkylation sites (tertiary alicyclic amines) is 1. The number of rotatable bonds is 3. The molecule has 1 aromatic rings. The molecule has 0 bridgehead atoms. The summed E-state index contributed by atoms with van der Waals surface area (Å²) in [6.07, 6.45) is 2.46. The summed E-state index contributed by atoms with van der Waals surface area (Å²) < 4.78 is 0. The summed E-state index contributed by atoms with van der Waals surface area (Å²) in [5, 5.41) is 3.62. The molecule has 3 nitrogen and oxygen atoms in total. The first kappa shape index (κ1) is 12.4. The van der Waals surface area contributed by atoms with Gasteiger partial charge in [-0.05, 0) is 45.0 Å². The smallest absolute Gasteiger partial charge is 0.0359 e. The molecule has 2 unspecified atom stereocenters. The first-order chi connectivity index (χ1) is 8.16. The molecule has 94 valence electrons. The van der Waals surface area contributed by atoms with Crippen molar-refractivity contribution < 1.29 is 0 Å². The maximum atomic E-state index is 5.94. The van der Waals surface area contributed by atoms with Crippen molar-refractivity contribution in [3.05, 3.63) is 29.8 Å². The molecule has 1 fully saturated rings. The second-order valence-electron chi connectivity index (χ2n) is 5.13. The van der Waals surface area contributed by atoms with E-state index in [9.17, 15) is 0 Å². The van der Waals surface area contributed by atoms with Crippen molar-refractivity contribution in [1.29, 1.82) is 0 Å². The Kier molecular flexibility index (Phi) is 4.02. The third-order valence-electron chi connectivity index (χ3n) is 3.84. The number of nitrogens with zero attached hydrogens (tertiary/aromatic N) is 1. The molecule has 0 saturated carbocycles. The number of anilines is 1. The number of hydrogen-bond donors (Lipinski definition) is 2. The summed E-state index contributed by atoms with van der Waals surface area (Å²) in [4.78, 5) is 2.43. The van der Waals surface area contributed by atoms with Crippen molar-refractivity contribution in [2.75, 3.05) is 19.3 Å². The quantitative estimate of drug-likeness (QED) is 0.783. The topological polar surface area (TPSA) is 41.3 Å². The van der Waals surface area contributed by atoms with Crippen molar-refractivity contribution in [1.82, 2.24) is 10.2 Å². The number of para-hydroxylation sites is 1. The first-order valence-electron chi connectivity index (χ1n) is 6.44. The van der Waals surface area contributed by atoms with Gasteiger partial charge in [0.2, 0.25) is 0 Å². The molecule has 2 rings (SSSR count). The van der Waals surface area contributed by atoms with Gasteiger partial charge in [-0.1, -0.05) is 18.2 Å². The molecule has 3 heteroatoms. The minimum atomic E-state index is 0.626. The first-order valence-corrected chi connectivity index (χ1v) is 6.44. The van der Waals surface area contributed by atoms with E-state index in [1.165, 1.54) is 24.9 Å². The summed E-state index contributed by atoms with van der Waals surface area (Å²) in [6, 6.07) is 9.39. The Bertz CT molecular complexity index is 364. The average molecular weight is 233 g/mol. The Balaban J connectivity index is 1.85. The highest BCUT2D eigenvalue weighted by Crippen LogP contribution is 2.17. The number of nitrogens with two attached hydrogens (primary N) is 1. The predicted octanol–water partition coefficient (Wildman–Crippen LogP) is 1.84. The van der Waals surface area contributed by atoms with Gasteiger partial charge in [-0.3, -0.25) is 0 Å². The molecular formula is C14H23N3. The van der Waals surface area contributed by atoms with Crippen LogP contribution in [0.2, 0.25) is 0 Å². The van der Waals surface area contributed by atoms with Crippen molar-refractivity contribution in [3.8, 4) is 0 Å². The Morgan fingerprint density at radius 2 is 2.18 bits per heavy atom. The van der Waals surface area contributed by atoms with Gasteiger partial charge >= 0.3 is 0 Å². The van der Waals surface area contributed by atoms with Crippen LogP contribution in [-0.2, 0) is 6.54 Å². The van der Waals surface area contributed by atoms with E-state index in [0.717, 1.165) is 12.2 Å². The van der Waals surface area contributed by atoms with Gasteiger partial charge in [-0.15, -0.1) is 0 Å². The fourth-order valence-electron chi connectivity index (χ4n) is 2.42. The normalized spacial score (nSPS) is 26.0. The van der Waals surface area contributed by atoms with Crippen LogP contribution in [-0.4, -0.2) is 30.6 Å². The number of nitrogen functional groups attached to an aromatic ring is 1. The van der Waals surface area contributed by atoms with Crippen LogP contribution >= 0.6 is 0 Å². The minimum Gasteiger partial charge on any atom is -0.398 e. The number of piperidine rings is 1. The molecule has 1 aliphatic rings. The van der Waals surface area contributed by atoms with Gasteiger partial charge in [-0.25, -0.2) is 0 Å². The molecule has 17 heavy (non-hydrogen) atoms. The van der Waals surface area contributed by atoms with Crippen LogP contribution in [0.3, 0.4) is 0 Å². The second kappa shape index (κ2) is 5.52. The summed E-state index contributed by atoms with van der Waals surface area (Å²) in [6.45, 7) is 4.36. The predicted molar refractivity (Wildman–Crippen MR) is 72.8 cm³/mol. The van der Waals surface area contributed by atoms with Gasteiger partial charge in [0.15, 0.2) is 0 Å². The monoisotopic (exact) mass is 233 g/mol. The van der Waals surface area contributed by atoms with Gasteiger partial charge in [0, 0.05) is 24.3 Å². The molecule has 1 aliphatic heterocycles. The Hall–Kier alpha value is -1.06. The van der Waals surface area contributed by atoms with Crippen LogP contribution in [0.15, 0.2) is 24.3 Å². The standard InChI is InChI=1S/C14H23N3/c1-11-9-13(7-8-17(11)2)16-10-12-5-3-4-6-14(12)15/h3-6,11,13,16H,7-10,15H2,1-2H3. The molecule has 1 saturated heterocycles. The van der Waals surface area contributed by atoms with Gasteiger partial charge in [-0.2, -0.15) is 0 Å². The highest BCUT2D eigenvalue weighted by Gasteiger charge is 2.22. The number of hydrogen-bond acceptors (Lipinski definition) is 3. The van der Waals surface area contributed by atoms with Crippen LogP contribution < -0.4 is 11.1 Å². The second-order valence-corrected chi connectivity index (χ2v) is 5.13. The molecule has 2 atom stereocenters. The molecular weight excluding hydrogens is 210 g/mol. The third kappa shape index (κ3) is 3.20. The fourth-order valence-corrected chi connectivity index (χ4v) is 2.42. The summed E-state index contributed by atoms with van der Waals surface area (Å²) >= 11 is 0. The summed E-state index contributed by atoms with van der Waals surface area (Å²) in [7, 11) is 2.20. The maximum absolute atomic E-state index is 5.94. The zero-order valence-electron chi connectivity index (χ0n) is 10.8. The summed E-state index contributed by atoms with van der Waals surface area (Å²) in [5.74, 6) is 0. The van der Waals surface area contributed by atoms with Crippen LogP contribution in [0.4, 0.5) is 5.69 Å². The Morgan fingerprint density at radius 1 is 1.41 bits per heavy atom. The molecule has 1 aromatic carbocycles. The van der Waals surface area contributed by atoms with Gasteiger partial charge in [0.1, 0.15) is 0 Å². The molecule has 1 heterocycles. The fraction of sp³-hybridized carbons (Fsp3) is 0.571. The van der Waals surface area contributed by atoms with Gasteiger partial charge in [0.25, 0.3) is 0 Å². The molecule has 0 aliphatic carbocycles. The van der Waals surface area contributed by atoms with Crippen LogP contribution in [0.1, 0.15) is 25.3 Å². The lowest BCUT2D eigenvalue weighted by Crippen LogP contribution is -2.45. The average Bonchev–Trinajstić information content (AvgIpc) is 2.32. The van der Waals surface area contributed by atoms with Crippen LogP contribution in [0.5, 0.6) is 0 Å². The van der Waals surface area contributed by atoms with Crippen LogP contribution in [0.25, 0.3) is 0 Å². The van der Waals surface area contributed by atoms with E-state index < -0.39 is 0 Å². The van der Waals surface area contributed by atoms with Crippen molar-refractivity contribution in [3.63, 3.8) is 0 Å². The molecule has 0 amide bonds. The van der Waals surface area contributed by atoms with Gasteiger partial charge in [0.05, 0.1) is 0 Å². The van der Waals surface area contributed by atoms with Crippen molar-refractivity contribution in [2.24, 2.45) is 0 Å². The van der Waals surface area contributed by atoms with E-state index in [4.69, 9.17) is 5.73 Å². The zero-order valence-corrected chi connectivity index (χ0v) is 10.8. The number of nitrogens with one attached hydrogen (secondary N) is 1. The Morgan fingerprint density at radius 3 is 2.88 bits per heavy atom. The molecule has 0 aromatic heterocycles. The third-order valence-corrected chi connectivity index (χ3v) is 3.84. The van der Waals surface area contributed by atoms with E-state index in [2.05, 4.69) is 30.3 Å². The largest absolute Gasteiger partial charge is 0.398 e. The lowest BCUT2D eigenvalue weighted by atomic mass is 9.98. The molecule has 3 N–H and O–H groups in total. The minimum absolute atomic E-state index is 0.626. The zero-order chi connectivity index (χ0) is 12.3. The highest BCUT2D eigenvalue weighted by molar-refractivity contribution is 5.46. The van der Waals surface area contributed by atoms with E-state index in [-0.39, 0.29) is 0 Å². The molecule has 0 spiro atoms. The lowest BCUT2D eigenvalue weighted by molar-refractivity contribution is 0.168. The van der Waals surface area contributed by atoms with Crippen molar-refractivity contribution >= 4 is 5.69 Å². The van der Waals surface area contributed by atoms with E-state index in [0.29, 0.717) is 12.1 Å².